The van der Waals surface area contributed by atoms with E-state index >= 15 is 0 Å². The van der Waals surface area contributed by atoms with Gasteiger partial charge in [-0.25, -0.2) is 4.39 Å². The summed E-state index contributed by atoms with van der Waals surface area (Å²) in [5.41, 5.74) is 1.91. The van der Waals surface area contributed by atoms with Crippen LogP contribution in [0.3, 0.4) is 0 Å². The number of hydrogen-bond donors (Lipinski definition) is 1. The van der Waals surface area contributed by atoms with E-state index in [-0.39, 0.29) is 11.9 Å². The fourth-order valence-corrected chi connectivity index (χ4v) is 3.09. The molecule has 2 rings (SSSR count). The van der Waals surface area contributed by atoms with Crippen molar-refractivity contribution in [3.63, 3.8) is 0 Å². The van der Waals surface area contributed by atoms with Gasteiger partial charge < -0.3 is 5.32 Å². The first-order chi connectivity index (χ1) is 10.1. The maximum Gasteiger partial charge on any atom is 0.137 e. The minimum absolute atomic E-state index is 0.0963. The zero-order valence-corrected chi connectivity index (χ0v) is 15.2. The second-order valence-corrected chi connectivity index (χ2v) is 6.47. The Bertz CT molecular complexity index is 613. The maximum absolute atomic E-state index is 13.9. The van der Waals surface area contributed by atoms with Crippen LogP contribution < -0.4 is 5.32 Å². The second kappa shape index (κ2) is 7.51. The average Bonchev–Trinajstić information content (AvgIpc) is 2.81. The van der Waals surface area contributed by atoms with E-state index in [1.54, 1.807) is 18.3 Å². The highest BCUT2D eigenvalue weighted by atomic mass is 79.9. The van der Waals surface area contributed by atoms with E-state index in [0.29, 0.717) is 4.47 Å². The van der Waals surface area contributed by atoms with Crippen LogP contribution in [0.1, 0.15) is 37.6 Å². The van der Waals surface area contributed by atoms with Crippen molar-refractivity contribution in [3.8, 4) is 0 Å². The average molecular weight is 419 g/mol. The predicted molar refractivity (Wildman–Crippen MR) is 89.8 cm³/mol. The molecular formula is C15H18Br2FN3. The number of aryl methyl sites for hydroxylation is 1. The molecule has 2 aromatic rings. The molecule has 1 aromatic heterocycles. The fraction of sp³-hybridized carbons (Fsp3) is 0.400. The van der Waals surface area contributed by atoms with Gasteiger partial charge in [-0.05, 0) is 62.5 Å². The number of rotatable bonds is 6. The van der Waals surface area contributed by atoms with Crippen LogP contribution in [0.25, 0.3) is 0 Å². The topological polar surface area (TPSA) is 29.9 Å². The Labute approximate surface area is 141 Å². The number of hydrogen-bond acceptors (Lipinski definition) is 2. The van der Waals surface area contributed by atoms with Gasteiger partial charge in [-0.3, -0.25) is 4.68 Å². The normalized spacial score (nSPS) is 12.6. The lowest BCUT2D eigenvalue weighted by atomic mass is 10.0. The van der Waals surface area contributed by atoms with Crippen molar-refractivity contribution in [1.29, 1.82) is 0 Å². The summed E-state index contributed by atoms with van der Waals surface area (Å²) in [5, 5.41) is 7.82. The molecule has 0 radical (unpaired) electrons. The quantitative estimate of drug-likeness (QED) is 0.739. The smallest absolute Gasteiger partial charge is 0.137 e. The molecule has 1 aromatic carbocycles. The summed E-state index contributed by atoms with van der Waals surface area (Å²) >= 11 is 6.76. The van der Waals surface area contributed by atoms with E-state index in [1.807, 2.05) is 17.7 Å². The van der Waals surface area contributed by atoms with E-state index in [1.165, 1.54) is 0 Å². The number of aromatic nitrogens is 2. The van der Waals surface area contributed by atoms with Crippen LogP contribution in [-0.4, -0.2) is 16.3 Å². The zero-order valence-electron chi connectivity index (χ0n) is 12.0. The van der Waals surface area contributed by atoms with Gasteiger partial charge in [0.25, 0.3) is 0 Å². The molecule has 0 aliphatic rings. The molecule has 1 heterocycles. The first-order valence-electron chi connectivity index (χ1n) is 6.98. The van der Waals surface area contributed by atoms with Gasteiger partial charge >= 0.3 is 0 Å². The van der Waals surface area contributed by atoms with Crippen LogP contribution in [0, 0.1) is 5.82 Å². The Kier molecular flexibility index (Phi) is 5.96. The van der Waals surface area contributed by atoms with Gasteiger partial charge in [0.05, 0.1) is 26.9 Å². The molecule has 0 aliphatic heterocycles. The van der Waals surface area contributed by atoms with Crippen molar-refractivity contribution >= 4 is 31.9 Å². The molecule has 6 heteroatoms. The first kappa shape index (κ1) is 16.6. The van der Waals surface area contributed by atoms with Crippen molar-refractivity contribution in [2.75, 3.05) is 6.54 Å². The summed E-state index contributed by atoms with van der Waals surface area (Å²) in [6.45, 7) is 5.77. The van der Waals surface area contributed by atoms with Gasteiger partial charge in [-0.15, -0.1) is 0 Å². The summed E-state index contributed by atoms with van der Waals surface area (Å²) in [6, 6.07) is 5.13. The monoisotopic (exact) mass is 417 g/mol. The standard InChI is InChI=1S/C15H18Br2FN3/c1-3-7-21-15(12(17)9-20-21)14(19-4-2)10-5-6-11(16)13(18)8-10/h5-6,8-9,14,19H,3-4,7H2,1-2H3. The van der Waals surface area contributed by atoms with Crippen molar-refractivity contribution in [1.82, 2.24) is 15.1 Å². The minimum atomic E-state index is -0.256. The van der Waals surface area contributed by atoms with E-state index in [2.05, 4.69) is 49.2 Å². The molecule has 21 heavy (non-hydrogen) atoms. The minimum Gasteiger partial charge on any atom is -0.305 e. The van der Waals surface area contributed by atoms with Gasteiger partial charge in [0.2, 0.25) is 0 Å². The SMILES string of the molecule is CCCn1ncc(Br)c1C(NCC)c1ccc(Br)c(F)c1. The Morgan fingerprint density at radius 2 is 2.05 bits per heavy atom. The summed E-state index contributed by atoms with van der Waals surface area (Å²) in [6.07, 6.45) is 2.79. The van der Waals surface area contributed by atoms with Crippen LogP contribution >= 0.6 is 31.9 Å². The summed E-state index contributed by atoms with van der Waals surface area (Å²) < 4.78 is 17.2. The van der Waals surface area contributed by atoms with E-state index in [9.17, 15) is 4.39 Å². The molecule has 1 atom stereocenters. The highest BCUT2D eigenvalue weighted by molar-refractivity contribution is 9.10. The third kappa shape index (κ3) is 3.73. The number of nitrogens with zero attached hydrogens (tertiary/aromatic N) is 2. The molecule has 1 N–H and O–H groups in total. The lowest BCUT2D eigenvalue weighted by Crippen LogP contribution is -2.25. The third-order valence-corrected chi connectivity index (χ3v) is 4.48. The molecule has 0 amide bonds. The Morgan fingerprint density at radius 3 is 2.67 bits per heavy atom. The predicted octanol–water partition coefficient (Wildman–Crippen LogP) is 4.66. The van der Waals surface area contributed by atoms with Crippen LogP contribution in [0.15, 0.2) is 33.3 Å². The molecule has 0 spiro atoms. The Balaban J connectivity index is 2.47. The largest absolute Gasteiger partial charge is 0.305 e. The van der Waals surface area contributed by atoms with Crippen molar-refractivity contribution in [2.24, 2.45) is 0 Å². The molecule has 0 aliphatic carbocycles. The summed E-state index contributed by atoms with van der Waals surface area (Å²) in [7, 11) is 0. The number of benzene rings is 1. The zero-order chi connectivity index (χ0) is 15.4. The molecule has 0 bridgehead atoms. The van der Waals surface area contributed by atoms with Gasteiger partial charge in [0.15, 0.2) is 0 Å². The van der Waals surface area contributed by atoms with Gasteiger partial charge in [-0.2, -0.15) is 5.10 Å². The molecule has 3 nitrogen and oxygen atoms in total. The van der Waals surface area contributed by atoms with E-state index in [4.69, 9.17) is 0 Å². The van der Waals surface area contributed by atoms with Gasteiger partial charge in [-0.1, -0.05) is 19.9 Å². The van der Waals surface area contributed by atoms with Gasteiger partial charge in [0.1, 0.15) is 5.82 Å². The fourth-order valence-electron chi connectivity index (χ4n) is 2.32. The van der Waals surface area contributed by atoms with Crippen molar-refractivity contribution in [3.05, 3.63) is 50.4 Å². The molecular weight excluding hydrogens is 401 g/mol. The van der Waals surface area contributed by atoms with Crippen LogP contribution in [0.2, 0.25) is 0 Å². The molecule has 0 saturated carbocycles. The highest BCUT2D eigenvalue weighted by Gasteiger charge is 2.21. The molecule has 114 valence electrons. The molecule has 1 unspecified atom stereocenters. The van der Waals surface area contributed by atoms with Crippen molar-refractivity contribution < 1.29 is 4.39 Å². The van der Waals surface area contributed by atoms with Gasteiger partial charge in [0, 0.05) is 6.54 Å². The van der Waals surface area contributed by atoms with Crippen LogP contribution in [0.4, 0.5) is 4.39 Å². The lowest BCUT2D eigenvalue weighted by Gasteiger charge is -2.21. The summed E-state index contributed by atoms with van der Waals surface area (Å²) in [5.74, 6) is -0.256. The van der Waals surface area contributed by atoms with Crippen LogP contribution in [0.5, 0.6) is 0 Å². The Hall–Kier alpha value is -0.720. The number of halogens is 3. The number of nitrogens with one attached hydrogen (secondary N) is 1. The van der Waals surface area contributed by atoms with E-state index < -0.39 is 0 Å². The lowest BCUT2D eigenvalue weighted by molar-refractivity contribution is 0.516. The van der Waals surface area contributed by atoms with Crippen molar-refractivity contribution in [2.45, 2.75) is 32.9 Å². The molecule has 0 saturated heterocycles. The summed E-state index contributed by atoms with van der Waals surface area (Å²) in [4.78, 5) is 0. The Morgan fingerprint density at radius 1 is 1.29 bits per heavy atom. The van der Waals surface area contributed by atoms with E-state index in [0.717, 1.165) is 35.2 Å². The van der Waals surface area contributed by atoms with Crippen LogP contribution in [-0.2, 0) is 6.54 Å². The first-order valence-corrected chi connectivity index (χ1v) is 8.56. The highest BCUT2D eigenvalue weighted by Crippen LogP contribution is 2.30. The third-order valence-electron chi connectivity index (χ3n) is 3.23. The second-order valence-electron chi connectivity index (χ2n) is 4.77. The maximum atomic E-state index is 13.9. The molecule has 0 fully saturated rings.